The second-order valence-corrected chi connectivity index (χ2v) is 7.48. The number of carbonyl (C=O) groups is 3. The van der Waals surface area contributed by atoms with Gasteiger partial charge in [-0.1, -0.05) is 18.2 Å². The Bertz CT molecular complexity index is 949. The number of ether oxygens (including phenoxy) is 1. The van der Waals surface area contributed by atoms with Crippen LogP contribution in [0.5, 0.6) is 11.5 Å². The van der Waals surface area contributed by atoms with Gasteiger partial charge < -0.3 is 46.0 Å². The van der Waals surface area contributed by atoms with Crippen molar-refractivity contribution in [3.8, 4) is 11.5 Å². The van der Waals surface area contributed by atoms with E-state index >= 15 is 0 Å². The summed E-state index contributed by atoms with van der Waals surface area (Å²) in [5, 5.41) is 58.2. The number of rotatable bonds is 12. The van der Waals surface area contributed by atoms with Gasteiger partial charge in [0.2, 0.25) is 6.41 Å². The van der Waals surface area contributed by atoms with Gasteiger partial charge in [-0.25, -0.2) is 9.59 Å². The molecule has 4 atom stereocenters. The van der Waals surface area contributed by atoms with Crippen molar-refractivity contribution in [2.24, 2.45) is 0 Å². The van der Waals surface area contributed by atoms with Crippen molar-refractivity contribution in [2.75, 3.05) is 19.0 Å². The Morgan fingerprint density at radius 2 is 1.57 bits per heavy atom. The molecular weight excluding hydrogens is 464 g/mol. The molecule has 12 nitrogen and oxygen atoms in total. The molecular formula is C23H30N2O10. The molecule has 0 saturated carbocycles. The van der Waals surface area contributed by atoms with E-state index < -0.39 is 30.3 Å². The SMILES string of the molecule is COc1ccc(C[C@@H](C)NC[C@H](O)c2ccc(O)c(NC=O)c2)cc1.O=C(O)[C@@H](O)[C@H](O)C(=O)O. The van der Waals surface area contributed by atoms with Crippen LogP contribution in [-0.2, 0) is 20.8 Å². The van der Waals surface area contributed by atoms with Gasteiger partial charge in [-0.2, -0.15) is 0 Å². The molecule has 0 aliphatic carbocycles. The number of phenols is 1. The predicted molar refractivity (Wildman–Crippen MR) is 124 cm³/mol. The topological polar surface area (TPSA) is 206 Å². The number of anilines is 1. The van der Waals surface area contributed by atoms with Crippen LogP contribution in [0, 0.1) is 0 Å². The molecule has 8 N–H and O–H groups in total. The first-order valence-electron chi connectivity index (χ1n) is 10.4. The van der Waals surface area contributed by atoms with Crippen LogP contribution in [0.15, 0.2) is 42.5 Å². The number of carboxylic acid groups (broad SMARTS) is 2. The standard InChI is InChI=1S/C19H24N2O4.C4H6O6/c1-13(9-14-3-6-16(25-2)7-4-14)20-11-19(24)15-5-8-18(23)17(10-15)21-12-22;5-1(3(7)8)2(6)4(9)10/h3-8,10,12-13,19-20,23-24H,9,11H2,1-2H3,(H,21,22);1-2,5-6H,(H,7,8)(H,9,10)/t13-,19+;1-,2-/m10/s1. The first-order valence-corrected chi connectivity index (χ1v) is 10.4. The van der Waals surface area contributed by atoms with E-state index in [2.05, 4.69) is 10.6 Å². The van der Waals surface area contributed by atoms with Crippen molar-refractivity contribution in [3.63, 3.8) is 0 Å². The number of aliphatic hydroxyl groups is 3. The van der Waals surface area contributed by atoms with E-state index in [9.17, 15) is 24.6 Å². The molecule has 2 aromatic carbocycles. The molecule has 0 radical (unpaired) electrons. The van der Waals surface area contributed by atoms with Gasteiger partial charge in [0, 0.05) is 12.6 Å². The molecule has 0 unspecified atom stereocenters. The van der Waals surface area contributed by atoms with Crippen LogP contribution >= 0.6 is 0 Å². The first-order chi connectivity index (χ1) is 16.5. The van der Waals surface area contributed by atoms with E-state index in [4.69, 9.17) is 25.2 Å². The van der Waals surface area contributed by atoms with Crippen LogP contribution in [0.4, 0.5) is 5.69 Å². The number of aliphatic carboxylic acids is 2. The molecule has 2 aromatic rings. The van der Waals surface area contributed by atoms with Gasteiger partial charge in [0.25, 0.3) is 0 Å². The number of carboxylic acids is 2. The van der Waals surface area contributed by atoms with Crippen molar-refractivity contribution in [3.05, 3.63) is 53.6 Å². The second kappa shape index (κ2) is 14.5. The van der Waals surface area contributed by atoms with Crippen LogP contribution in [-0.4, -0.2) is 80.9 Å². The summed E-state index contributed by atoms with van der Waals surface area (Å²) in [6.45, 7) is 2.41. The molecule has 0 spiro atoms. The lowest BCUT2D eigenvalue weighted by Crippen LogP contribution is -2.39. The molecule has 0 fully saturated rings. The fraction of sp³-hybridized carbons (Fsp3) is 0.348. The lowest BCUT2D eigenvalue weighted by molar-refractivity contribution is -0.165. The zero-order valence-electron chi connectivity index (χ0n) is 19.2. The summed E-state index contributed by atoms with van der Waals surface area (Å²) in [5.74, 6) is -2.75. The monoisotopic (exact) mass is 494 g/mol. The summed E-state index contributed by atoms with van der Waals surface area (Å²) in [7, 11) is 1.64. The molecule has 0 heterocycles. The Balaban J connectivity index is 0.000000518. The van der Waals surface area contributed by atoms with Gasteiger partial charge >= 0.3 is 11.9 Å². The molecule has 0 bridgehead atoms. The van der Waals surface area contributed by atoms with Gasteiger partial charge in [0.15, 0.2) is 12.2 Å². The third kappa shape index (κ3) is 9.98. The number of phenolic OH excluding ortho intramolecular Hbond substituents is 1. The summed E-state index contributed by atoms with van der Waals surface area (Å²) < 4.78 is 5.14. The van der Waals surface area contributed by atoms with Crippen LogP contribution in [0.25, 0.3) is 0 Å². The Hall–Kier alpha value is -3.71. The fourth-order valence-corrected chi connectivity index (χ4v) is 2.83. The molecule has 12 heteroatoms. The number of carbonyl (C=O) groups excluding carboxylic acids is 1. The maximum Gasteiger partial charge on any atom is 0.335 e. The molecule has 0 aliphatic rings. The summed E-state index contributed by atoms with van der Waals surface area (Å²) in [6, 6.07) is 12.7. The summed E-state index contributed by atoms with van der Waals surface area (Å²) in [4.78, 5) is 30.1. The maximum absolute atomic E-state index is 10.5. The van der Waals surface area contributed by atoms with E-state index in [0.717, 1.165) is 12.2 Å². The highest BCUT2D eigenvalue weighted by Crippen LogP contribution is 2.26. The minimum absolute atomic E-state index is 0.0381. The van der Waals surface area contributed by atoms with E-state index in [1.807, 2.05) is 31.2 Å². The molecule has 1 amide bonds. The fourth-order valence-electron chi connectivity index (χ4n) is 2.83. The van der Waals surface area contributed by atoms with E-state index in [0.29, 0.717) is 18.5 Å². The van der Waals surface area contributed by atoms with E-state index in [1.165, 1.54) is 11.6 Å². The lowest BCUT2D eigenvalue weighted by Gasteiger charge is -2.18. The number of methoxy groups -OCH3 is 1. The Morgan fingerprint density at radius 3 is 2.06 bits per heavy atom. The molecule has 2 rings (SSSR count). The Kier molecular flexibility index (Phi) is 12.2. The number of aliphatic hydroxyl groups excluding tert-OH is 3. The van der Waals surface area contributed by atoms with Crippen molar-refractivity contribution < 1.29 is 49.8 Å². The Morgan fingerprint density at radius 1 is 1.00 bits per heavy atom. The second-order valence-electron chi connectivity index (χ2n) is 7.48. The average molecular weight is 494 g/mol. The van der Waals surface area contributed by atoms with E-state index in [-0.39, 0.29) is 17.5 Å². The zero-order valence-corrected chi connectivity index (χ0v) is 19.2. The number of hydrogen-bond acceptors (Lipinski definition) is 9. The van der Waals surface area contributed by atoms with Gasteiger partial charge in [-0.15, -0.1) is 0 Å². The summed E-state index contributed by atoms with van der Waals surface area (Å²) >= 11 is 0. The van der Waals surface area contributed by atoms with Gasteiger partial charge in [-0.3, -0.25) is 4.79 Å². The van der Waals surface area contributed by atoms with E-state index in [1.54, 1.807) is 19.2 Å². The first kappa shape index (κ1) is 29.3. The average Bonchev–Trinajstić information content (AvgIpc) is 2.83. The van der Waals surface area contributed by atoms with Crippen molar-refractivity contribution in [1.29, 1.82) is 0 Å². The molecule has 192 valence electrons. The highest BCUT2D eigenvalue weighted by molar-refractivity contribution is 5.83. The van der Waals surface area contributed by atoms with Crippen molar-refractivity contribution in [2.45, 2.75) is 37.7 Å². The largest absolute Gasteiger partial charge is 0.506 e. The molecule has 0 saturated heterocycles. The van der Waals surface area contributed by atoms with Crippen molar-refractivity contribution in [1.82, 2.24) is 5.32 Å². The number of benzene rings is 2. The van der Waals surface area contributed by atoms with Crippen LogP contribution in [0.1, 0.15) is 24.2 Å². The third-order valence-corrected chi connectivity index (χ3v) is 4.79. The van der Waals surface area contributed by atoms with Gasteiger partial charge in [0.1, 0.15) is 11.5 Å². The van der Waals surface area contributed by atoms with Crippen LogP contribution in [0.2, 0.25) is 0 Å². The number of aromatic hydroxyl groups is 1. The smallest absolute Gasteiger partial charge is 0.335 e. The zero-order chi connectivity index (χ0) is 26.5. The number of hydrogen-bond donors (Lipinski definition) is 8. The highest BCUT2D eigenvalue weighted by Gasteiger charge is 2.29. The molecule has 0 aliphatic heterocycles. The molecule has 35 heavy (non-hydrogen) atoms. The van der Waals surface area contributed by atoms with Crippen LogP contribution < -0.4 is 15.4 Å². The number of nitrogens with one attached hydrogen (secondary N) is 2. The minimum atomic E-state index is -2.27. The Labute approximate surface area is 201 Å². The lowest BCUT2D eigenvalue weighted by atomic mass is 10.1. The molecule has 0 aromatic heterocycles. The summed E-state index contributed by atoms with van der Waals surface area (Å²) in [6.07, 6.45) is -3.97. The van der Waals surface area contributed by atoms with Gasteiger partial charge in [-0.05, 0) is 48.7 Å². The minimum Gasteiger partial charge on any atom is -0.506 e. The summed E-state index contributed by atoms with van der Waals surface area (Å²) in [5.41, 5.74) is 2.07. The quantitative estimate of drug-likeness (QED) is 0.147. The normalized spacial score (nSPS) is 13.9. The predicted octanol–water partition coefficient (Wildman–Crippen LogP) is 0.101. The van der Waals surface area contributed by atoms with Crippen LogP contribution in [0.3, 0.4) is 0 Å². The van der Waals surface area contributed by atoms with Gasteiger partial charge in [0.05, 0.1) is 18.9 Å². The maximum atomic E-state index is 10.5. The third-order valence-electron chi connectivity index (χ3n) is 4.79. The van der Waals surface area contributed by atoms with Crippen molar-refractivity contribution >= 4 is 24.0 Å². The highest BCUT2D eigenvalue weighted by atomic mass is 16.5. The number of amides is 1.